The molecule has 0 saturated heterocycles. The highest BCUT2D eigenvalue weighted by Crippen LogP contribution is 2.45. The van der Waals surface area contributed by atoms with Crippen molar-refractivity contribution in [3.05, 3.63) is 82.7 Å². The second kappa shape index (κ2) is 6.65. The third kappa shape index (κ3) is 2.86. The Bertz CT molecular complexity index is 1400. The van der Waals surface area contributed by atoms with Crippen LogP contribution in [0.25, 0.3) is 21.5 Å². The fraction of sp³-hybridized carbons (Fsp3) is 0.208. The molecule has 4 nitrogen and oxygen atoms in total. The molecule has 1 atom stereocenters. The van der Waals surface area contributed by atoms with Crippen LogP contribution >= 0.6 is 11.3 Å². The van der Waals surface area contributed by atoms with E-state index in [4.69, 9.17) is 0 Å². The first kappa shape index (κ1) is 19.3. The van der Waals surface area contributed by atoms with Gasteiger partial charge in [0.1, 0.15) is 0 Å². The van der Waals surface area contributed by atoms with Crippen LogP contribution in [0.2, 0.25) is 0 Å². The van der Waals surface area contributed by atoms with Crippen LogP contribution in [0.5, 0.6) is 0 Å². The monoisotopic (exact) mass is 435 g/mol. The molecule has 0 bridgehead atoms. The first-order chi connectivity index (χ1) is 14.3. The molecule has 0 unspecified atom stereocenters. The van der Waals surface area contributed by atoms with Crippen molar-refractivity contribution in [1.82, 2.24) is 3.97 Å². The maximum atomic E-state index is 12.9. The number of rotatable bonds is 4. The molecular formula is C24H21NO3S2. The van der Waals surface area contributed by atoms with Crippen molar-refractivity contribution < 1.29 is 13.2 Å². The van der Waals surface area contributed by atoms with E-state index < -0.39 is 10.0 Å². The Kier molecular flexibility index (Phi) is 4.27. The first-order valence-corrected chi connectivity index (χ1v) is 12.5. The lowest BCUT2D eigenvalue weighted by Gasteiger charge is -2.25. The van der Waals surface area contributed by atoms with E-state index in [1.54, 1.807) is 0 Å². The van der Waals surface area contributed by atoms with Crippen molar-refractivity contribution >= 4 is 38.0 Å². The molecule has 1 aliphatic rings. The Morgan fingerprint density at radius 1 is 1.03 bits per heavy atom. The van der Waals surface area contributed by atoms with Crippen LogP contribution in [-0.2, 0) is 21.9 Å². The Labute approximate surface area is 179 Å². The molecule has 0 saturated carbocycles. The summed E-state index contributed by atoms with van der Waals surface area (Å²) in [5.41, 5.74) is 3.82. The Morgan fingerprint density at radius 2 is 1.77 bits per heavy atom. The number of aromatic nitrogens is 1. The van der Waals surface area contributed by atoms with Gasteiger partial charge in [0.05, 0.1) is 22.3 Å². The van der Waals surface area contributed by atoms with Crippen molar-refractivity contribution in [3.63, 3.8) is 0 Å². The standard InChI is InChI=1S/C24H21NO3S2/c1-24(15-21(26)17-9-3-5-10-19(17)24)14-18-16-8-4-6-11-20(16)25(30(2,27)28)23(18)22-12-7-13-29-22/h3-13H,14-15H2,1-2H3/t24-/m0/s1. The quantitative estimate of drug-likeness (QED) is 0.439. The van der Waals surface area contributed by atoms with Crippen LogP contribution in [0.3, 0.4) is 0 Å². The zero-order chi connectivity index (χ0) is 21.1. The number of hydrogen-bond acceptors (Lipinski definition) is 4. The van der Waals surface area contributed by atoms with Crippen LogP contribution in [-0.4, -0.2) is 24.4 Å². The number of thiophene rings is 1. The summed E-state index contributed by atoms with van der Waals surface area (Å²) in [5.74, 6) is 0.151. The summed E-state index contributed by atoms with van der Waals surface area (Å²) in [7, 11) is -3.53. The highest BCUT2D eigenvalue weighted by Gasteiger charge is 2.41. The minimum absolute atomic E-state index is 0.151. The lowest BCUT2D eigenvalue weighted by molar-refractivity contribution is 0.0976. The number of hydrogen-bond donors (Lipinski definition) is 0. The summed E-state index contributed by atoms with van der Waals surface area (Å²) in [6.45, 7) is 2.11. The molecule has 4 aromatic rings. The summed E-state index contributed by atoms with van der Waals surface area (Å²) in [6.07, 6.45) is 2.26. The third-order valence-corrected chi connectivity index (χ3v) is 7.94. The smallest absolute Gasteiger partial charge is 0.236 e. The van der Waals surface area contributed by atoms with Gasteiger partial charge in [-0.25, -0.2) is 12.4 Å². The van der Waals surface area contributed by atoms with Gasteiger partial charge >= 0.3 is 0 Å². The Balaban J connectivity index is 1.81. The molecule has 2 heterocycles. The van der Waals surface area contributed by atoms with Crippen LogP contribution in [0.15, 0.2) is 66.0 Å². The topological polar surface area (TPSA) is 56.1 Å². The number of fused-ring (bicyclic) bond motifs is 2. The van der Waals surface area contributed by atoms with Gasteiger partial charge in [-0.05, 0) is 35.1 Å². The lowest BCUT2D eigenvalue weighted by atomic mass is 9.78. The zero-order valence-corrected chi connectivity index (χ0v) is 18.4. The average Bonchev–Trinajstić information content (AvgIpc) is 3.39. The number of carbonyl (C=O) groups is 1. The Morgan fingerprint density at radius 3 is 2.50 bits per heavy atom. The van der Waals surface area contributed by atoms with Gasteiger partial charge in [0.2, 0.25) is 10.0 Å². The van der Waals surface area contributed by atoms with Crippen molar-refractivity contribution in [3.8, 4) is 10.6 Å². The van der Waals surface area contributed by atoms with E-state index in [9.17, 15) is 13.2 Å². The zero-order valence-electron chi connectivity index (χ0n) is 16.8. The molecule has 5 rings (SSSR count). The molecule has 30 heavy (non-hydrogen) atoms. The van der Waals surface area contributed by atoms with Gasteiger partial charge in [-0.2, -0.15) is 0 Å². The number of nitrogens with zero attached hydrogens (tertiary/aromatic N) is 1. The van der Waals surface area contributed by atoms with E-state index >= 15 is 0 Å². The number of Topliss-reactive ketones (excluding diaryl/α,β-unsaturated/α-hetero) is 1. The molecule has 0 radical (unpaired) electrons. The molecule has 0 aliphatic heterocycles. The second-order valence-electron chi connectivity index (χ2n) is 8.23. The van der Waals surface area contributed by atoms with Crippen molar-refractivity contribution in [1.29, 1.82) is 0 Å². The number of ketones is 1. The first-order valence-electron chi connectivity index (χ1n) is 9.79. The third-order valence-electron chi connectivity index (χ3n) is 6.02. The van der Waals surface area contributed by atoms with Crippen LogP contribution < -0.4 is 0 Å². The summed E-state index contributed by atoms with van der Waals surface area (Å²) in [6, 6.07) is 19.3. The summed E-state index contributed by atoms with van der Waals surface area (Å²) < 4.78 is 27.2. The van der Waals surface area contributed by atoms with Gasteiger partial charge < -0.3 is 0 Å². The molecular weight excluding hydrogens is 414 g/mol. The van der Waals surface area contributed by atoms with Gasteiger partial charge in [0.15, 0.2) is 5.78 Å². The second-order valence-corrected chi connectivity index (χ2v) is 11.0. The van der Waals surface area contributed by atoms with Crippen molar-refractivity contribution in [2.24, 2.45) is 0 Å². The fourth-order valence-corrected chi connectivity index (χ4v) is 6.71. The predicted octanol–water partition coefficient (Wildman–Crippen LogP) is 5.26. The summed E-state index contributed by atoms with van der Waals surface area (Å²) >= 11 is 1.53. The van der Waals surface area contributed by atoms with Gasteiger partial charge in [0.25, 0.3) is 0 Å². The molecule has 2 aromatic heterocycles. The minimum Gasteiger partial charge on any atom is -0.294 e. The number of para-hydroxylation sites is 1. The highest BCUT2D eigenvalue weighted by molar-refractivity contribution is 7.89. The normalized spacial score (nSPS) is 18.8. The molecule has 2 aromatic carbocycles. The summed E-state index contributed by atoms with van der Waals surface area (Å²) in [5, 5.41) is 2.88. The largest absolute Gasteiger partial charge is 0.294 e. The maximum absolute atomic E-state index is 12.9. The van der Waals surface area contributed by atoms with Gasteiger partial charge in [0, 0.05) is 22.8 Å². The molecule has 0 spiro atoms. The van der Waals surface area contributed by atoms with Crippen molar-refractivity contribution in [2.75, 3.05) is 6.26 Å². The SMILES string of the molecule is C[C@]1(Cc2c(-c3cccs3)n(S(C)(=O)=O)c3ccccc23)CC(=O)c2ccccc21. The van der Waals surface area contributed by atoms with E-state index in [0.29, 0.717) is 24.1 Å². The molecule has 152 valence electrons. The van der Waals surface area contributed by atoms with Crippen LogP contribution in [0, 0.1) is 0 Å². The van der Waals surface area contributed by atoms with Crippen LogP contribution in [0.1, 0.15) is 34.8 Å². The van der Waals surface area contributed by atoms with E-state index in [-0.39, 0.29) is 11.2 Å². The van der Waals surface area contributed by atoms with E-state index in [2.05, 4.69) is 6.92 Å². The molecule has 1 aliphatic carbocycles. The highest BCUT2D eigenvalue weighted by atomic mass is 32.2. The van der Waals surface area contributed by atoms with Gasteiger partial charge in [-0.3, -0.25) is 4.79 Å². The molecule has 6 heteroatoms. The fourth-order valence-electron chi connectivity index (χ4n) is 4.81. The Hall–Kier alpha value is -2.70. The van der Waals surface area contributed by atoms with Crippen molar-refractivity contribution in [2.45, 2.75) is 25.2 Å². The van der Waals surface area contributed by atoms with Gasteiger partial charge in [-0.15, -0.1) is 11.3 Å². The minimum atomic E-state index is -3.53. The predicted molar refractivity (Wildman–Crippen MR) is 122 cm³/mol. The van der Waals surface area contributed by atoms with E-state index in [0.717, 1.165) is 27.0 Å². The van der Waals surface area contributed by atoms with E-state index in [1.807, 2.05) is 66.0 Å². The molecule has 0 amide bonds. The van der Waals surface area contributed by atoms with E-state index in [1.165, 1.54) is 21.6 Å². The lowest BCUT2D eigenvalue weighted by Crippen LogP contribution is -2.22. The number of benzene rings is 2. The molecule has 0 fully saturated rings. The maximum Gasteiger partial charge on any atom is 0.236 e. The number of carbonyl (C=O) groups excluding carboxylic acids is 1. The molecule has 0 N–H and O–H groups in total. The van der Waals surface area contributed by atoms with Gasteiger partial charge in [-0.1, -0.05) is 55.5 Å². The van der Waals surface area contributed by atoms with Crippen LogP contribution in [0.4, 0.5) is 0 Å². The summed E-state index contributed by atoms with van der Waals surface area (Å²) in [4.78, 5) is 13.6. The average molecular weight is 436 g/mol.